The van der Waals surface area contributed by atoms with E-state index in [1.165, 1.54) is 18.2 Å². The van der Waals surface area contributed by atoms with Crippen molar-refractivity contribution in [3.05, 3.63) is 39.9 Å². The number of carbonyl (C=O) groups excluding carboxylic acids is 2. The highest BCUT2D eigenvalue weighted by Gasteiger charge is 2.11. The SMILES string of the molecule is CC(C)NC(=O)CC(=O)N/N=C\c1ccccc1[N+](=O)[O-]. The Hall–Kier alpha value is -2.77. The zero-order valence-electron chi connectivity index (χ0n) is 11.7. The van der Waals surface area contributed by atoms with Crippen molar-refractivity contribution in [1.29, 1.82) is 0 Å². The average molecular weight is 292 g/mol. The lowest BCUT2D eigenvalue weighted by molar-refractivity contribution is -0.385. The average Bonchev–Trinajstić information content (AvgIpc) is 2.37. The Kier molecular flexibility index (Phi) is 5.99. The second-order valence-electron chi connectivity index (χ2n) is 4.51. The van der Waals surface area contributed by atoms with Gasteiger partial charge in [-0.15, -0.1) is 0 Å². The van der Waals surface area contributed by atoms with E-state index in [-0.39, 0.29) is 23.7 Å². The molecule has 0 heterocycles. The molecule has 0 saturated heterocycles. The molecule has 8 heteroatoms. The largest absolute Gasteiger partial charge is 0.353 e. The van der Waals surface area contributed by atoms with Gasteiger partial charge in [0.2, 0.25) is 11.8 Å². The number of rotatable bonds is 6. The number of nitrogens with zero attached hydrogens (tertiary/aromatic N) is 2. The quantitative estimate of drug-likeness (QED) is 0.352. The minimum absolute atomic E-state index is 0.0548. The Morgan fingerprint density at radius 3 is 2.62 bits per heavy atom. The third-order valence-corrected chi connectivity index (χ3v) is 2.30. The van der Waals surface area contributed by atoms with Gasteiger partial charge in [0.15, 0.2) is 0 Å². The number of hydrogen-bond donors (Lipinski definition) is 2. The Balaban J connectivity index is 2.57. The number of para-hydroxylation sites is 1. The van der Waals surface area contributed by atoms with E-state index in [4.69, 9.17) is 0 Å². The number of hydrogen-bond acceptors (Lipinski definition) is 5. The monoisotopic (exact) mass is 292 g/mol. The van der Waals surface area contributed by atoms with Crippen molar-refractivity contribution in [2.24, 2.45) is 5.10 Å². The first kappa shape index (κ1) is 16.3. The summed E-state index contributed by atoms with van der Waals surface area (Å²) in [5.74, 6) is -1.01. The molecule has 0 bridgehead atoms. The summed E-state index contributed by atoms with van der Waals surface area (Å²) in [6.07, 6.45) is 0.808. The number of benzene rings is 1. The van der Waals surface area contributed by atoms with E-state index in [0.29, 0.717) is 0 Å². The van der Waals surface area contributed by atoms with E-state index in [1.54, 1.807) is 19.9 Å². The molecule has 1 aromatic rings. The Morgan fingerprint density at radius 1 is 1.33 bits per heavy atom. The summed E-state index contributed by atoms with van der Waals surface area (Å²) in [6, 6.07) is 5.93. The van der Waals surface area contributed by atoms with Crippen LogP contribution in [-0.4, -0.2) is 29.0 Å². The van der Waals surface area contributed by atoms with Gasteiger partial charge in [-0.1, -0.05) is 12.1 Å². The summed E-state index contributed by atoms with van der Waals surface area (Å²) in [4.78, 5) is 33.0. The van der Waals surface area contributed by atoms with Gasteiger partial charge in [0.05, 0.1) is 16.7 Å². The van der Waals surface area contributed by atoms with Crippen LogP contribution in [0, 0.1) is 10.1 Å². The van der Waals surface area contributed by atoms with Crippen LogP contribution in [0.2, 0.25) is 0 Å². The van der Waals surface area contributed by atoms with Crippen LogP contribution < -0.4 is 10.7 Å². The zero-order chi connectivity index (χ0) is 15.8. The molecule has 0 aliphatic carbocycles. The molecule has 21 heavy (non-hydrogen) atoms. The predicted molar refractivity (Wildman–Crippen MR) is 76.7 cm³/mol. The van der Waals surface area contributed by atoms with Gasteiger partial charge in [0.25, 0.3) is 5.69 Å². The van der Waals surface area contributed by atoms with E-state index in [9.17, 15) is 19.7 Å². The third-order valence-electron chi connectivity index (χ3n) is 2.30. The molecule has 0 aromatic heterocycles. The minimum atomic E-state index is -0.594. The molecule has 0 aliphatic rings. The molecular formula is C13H16N4O4. The van der Waals surface area contributed by atoms with Gasteiger partial charge in [0.1, 0.15) is 6.42 Å². The van der Waals surface area contributed by atoms with Crippen LogP contribution in [0.1, 0.15) is 25.8 Å². The van der Waals surface area contributed by atoms with Gasteiger partial charge >= 0.3 is 0 Å². The van der Waals surface area contributed by atoms with Crippen molar-refractivity contribution in [3.8, 4) is 0 Å². The molecule has 8 nitrogen and oxygen atoms in total. The number of nitro benzene ring substituents is 1. The summed E-state index contributed by atoms with van der Waals surface area (Å²) < 4.78 is 0. The molecule has 1 aromatic carbocycles. The maximum atomic E-state index is 11.4. The van der Waals surface area contributed by atoms with Crippen molar-refractivity contribution in [2.45, 2.75) is 26.3 Å². The van der Waals surface area contributed by atoms with Crippen LogP contribution in [0.15, 0.2) is 29.4 Å². The summed E-state index contributed by atoms with van der Waals surface area (Å²) in [7, 11) is 0. The minimum Gasteiger partial charge on any atom is -0.353 e. The third kappa shape index (κ3) is 5.81. The van der Waals surface area contributed by atoms with Crippen LogP contribution in [0.4, 0.5) is 5.69 Å². The van der Waals surface area contributed by atoms with Gasteiger partial charge in [0, 0.05) is 12.1 Å². The summed E-state index contributed by atoms with van der Waals surface area (Å²) in [5, 5.41) is 16.9. The molecule has 0 aliphatic heterocycles. The molecular weight excluding hydrogens is 276 g/mol. The summed E-state index contributed by atoms with van der Waals surface area (Å²) >= 11 is 0. The van der Waals surface area contributed by atoms with E-state index in [0.717, 1.165) is 6.21 Å². The maximum Gasteiger partial charge on any atom is 0.278 e. The molecule has 112 valence electrons. The smallest absolute Gasteiger partial charge is 0.278 e. The van der Waals surface area contributed by atoms with Crippen LogP contribution in [0.5, 0.6) is 0 Å². The number of carbonyl (C=O) groups is 2. The Morgan fingerprint density at radius 2 is 2.00 bits per heavy atom. The molecule has 0 fully saturated rings. The Bertz CT molecular complexity index is 569. The van der Waals surface area contributed by atoms with Crippen LogP contribution in [0.3, 0.4) is 0 Å². The highest BCUT2D eigenvalue weighted by atomic mass is 16.6. The molecule has 0 radical (unpaired) electrons. The topological polar surface area (TPSA) is 114 Å². The van der Waals surface area contributed by atoms with Crippen molar-refractivity contribution >= 4 is 23.7 Å². The van der Waals surface area contributed by atoms with Gasteiger partial charge in [-0.3, -0.25) is 19.7 Å². The van der Waals surface area contributed by atoms with Gasteiger partial charge in [-0.25, -0.2) is 5.43 Å². The van der Waals surface area contributed by atoms with Crippen molar-refractivity contribution in [3.63, 3.8) is 0 Å². The summed E-state index contributed by atoms with van der Waals surface area (Å²) in [6.45, 7) is 3.56. The number of nitro groups is 1. The van der Waals surface area contributed by atoms with Gasteiger partial charge < -0.3 is 5.32 Å². The maximum absolute atomic E-state index is 11.4. The van der Waals surface area contributed by atoms with Crippen LogP contribution in [0.25, 0.3) is 0 Å². The van der Waals surface area contributed by atoms with Crippen molar-refractivity contribution in [2.75, 3.05) is 0 Å². The number of hydrazone groups is 1. The highest BCUT2D eigenvalue weighted by molar-refractivity contribution is 5.97. The van der Waals surface area contributed by atoms with Crippen LogP contribution >= 0.6 is 0 Å². The fraction of sp³-hybridized carbons (Fsp3) is 0.308. The van der Waals surface area contributed by atoms with Crippen LogP contribution in [-0.2, 0) is 9.59 Å². The first-order valence-corrected chi connectivity index (χ1v) is 6.25. The number of nitrogens with one attached hydrogen (secondary N) is 2. The lowest BCUT2D eigenvalue weighted by atomic mass is 10.2. The standard InChI is InChI=1S/C13H16N4O4/c1-9(2)15-12(18)7-13(19)16-14-8-10-5-3-4-6-11(10)17(20)21/h3-6,8-9H,7H2,1-2H3,(H,15,18)(H,16,19)/b14-8-. The molecule has 0 saturated carbocycles. The van der Waals surface area contributed by atoms with E-state index >= 15 is 0 Å². The fourth-order valence-corrected chi connectivity index (χ4v) is 1.50. The van der Waals surface area contributed by atoms with Gasteiger partial charge in [-0.2, -0.15) is 5.10 Å². The zero-order valence-corrected chi connectivity index (χ0v) is 11.7. The second-order valence-corrected chi connectivity index (χ2v) is 4.51. The van der Waals surface area contributed by atoms with E-state index in [2.05, 4.69) is 15.8 Å². The molecule has 1 rings (SSSR count). The van der Waals surface area contributed by atoms with Crippen molar-refractivity contribution in [1.82, 2.24) is 10.7 Å². The van der Waals surface area contributed by atoms with Crippen molar-refractivity contribution < 1.29 is 14.5 Å². The Labute approximate surface area is 121 Å². The lowest BCUT2D eigenvalue weighted by Crippen LogP contribution is -2.34. The first-order valence-electron chi connectivity index (χ1n) is 6.25. The molecule has 0 atom stereocenters. The number of amides is 2. The van der Waals surface area contributed by atoms with E-state index in [1.807, 2.05) is 0 Å². The molecule has 2 amide bonds. The second kappa shape index (κ2) is 7.73. The predicted octanol–water partition coefficient (Wildman–Crippen LogP) is 0.960. The fourth-order valence-electron chi connectivity index (χ4n) is 1.50. The molecule has 0 spiro atoms. The molecule has 2 N–H and O–H groups in total. The lowest BCUT2D eigenvalue weighted by Gasteiger charge is -2.06. The van der Waals surface area contributed by atoms with E-state index < -0.39 is 16.7 Å². The highest BCUT2D eigenvalue weighted by Crippen LogP contribution is 2.14. The van der Waals surface area contributed by atoms with Gasteiger partial charge in [-0.05, 0) is 19.9 Å². The first-order chi connectivity index (χ1) is 9.90. The molecule has 0 unspecified atom stereocenters. The summed E-state index contributed by atoms with van der Waals surface area (Å²) in [5.41, 5.74) is 2.29. The normalized spacial score (nSPS) is 10.6.